The van der Waals surface area contributed by atoms with Gasteiger partial charge in [-0.15, -0.1) is 0 Å². The smallest absolute Gasteiger partial charge is 0.153 e. The van der Waals surface area contributed by atoms with Crippen LogP contribution in [0.5, 0.6) is 0 Å². The molecule has 0 aliphatic carbocycles. The minimum atomic E-state index is 0.755. The topological polar surface area (TPSA) is 70.5 Å². The number of hydrogen-bond acceptors (Lipinski definition) is 3. The highest BCUT2D eigenvalue weighted by Crippen LogP contribution is 2.32. The molecule has 0 amide bonds. The van der Waals surface area contributed by atoms with Crippen molar-refractivity contribution in [1.29, 1.82) is 0 Å². The number of rotatable bonds is 2. The third-order valence-corrected chi connectivity index (χ3v) is 3.06. The summed E-state index contributed by atoms with van der Waals surface area (Å²) in [5.74, 6) is 1.52. The van der Waals surface area contributed by atoms with Gasteiger partial charge >= 0.3 is 0 Å². The van der Waals surface area contributed by atoms with E-state index in [0.717, 1.165) is 33.8 Å². The molecule has 4 aromatic rings. The summed E-state index contributed by atoms with van der Waals surface area (Å²) in [7, 11) is 0. The molecule has 0 fully saturated rings. The van der Waals surface area contributed by atoms with E-state index in [2.05, 4.69) is 20.2 Å². The Hall–Kier alpha value is -2.82. The summed E-state index contributed by atoms with van der Waals surface area (Å²) < 4.78 is 5.84. The Morgan fingerprint density at radius 2 is 2.11 bits per heavy atom. The Balaban J connectivity index is 1.91. The molecule has 19 heavy (non-hydrogen) atoms. The van der Waals surface area contributed by atoms with E-state index in [-0.39, 0.29) is 0 Å². The Kier molecular flexibility index (Phi) is 2.05. The molecular formula is C14H10N4O. The molecule has 0 atom stereocenters. The molecule has 0 bridgehead atoms. The van der Waals surface area contributed by atoms with Crippen LogP contribution < -0.4 is 0 Å². The van der Waals surface area contributed by atoms with Crippen molar-refractivity contribution in [3.05, 3.63) is 48.9 Å². The maximum Gasteiger partial charge on any atom is 0.153 e. The predicted octanol–water partition coefficient (Wildman–Crippen LogP) is 3.21. The SMILES string of the molecule is c1ccc2oc(-c3[nH]ncc3-c3ncc[nH]3)cc2c1. The van der Waals surface area contributed by atoms with Gasteiger partial charge in [0.25, 0.3) is 0 Å². The number of nitrogens with zero attached hydrogens (tertiary/aromatic N) is 2. The quantitative estimate of drug-likeness (QED) is 0.573. The second-order valence-electron chi connectivity index (χ2n) is 4.24. The third-order valence-electron chi connectivity index (χ3n) is 3.06. The van der Waals surface area contributed by atoms with Gasteiger partial charge in [-0.1, -0.05) is 18.2 Å². The molecule has 3 aromatic heterocycles. The van der Waals surface area contributed by atoms with Gasteiger partial charge in [0.2, 0.25) is 0 Å². The van der Waals surface area contributed by atoms with Gasteiger partial charge in [0.1, 0.15) is 17.1 Å². The van der Waals surface area contributed by atoms with Gasteiger partial charge in [-0.2, -0.15) is 5.10 Å². The Bertz CT molecular complexity index is 793. The summed E-state index contributed by atoms with van der Waals surface area (Å²) >= 11 is 0. The minimum Gasteiger partial charge on any atom is -0.454 e. The van der Waals surface area contributed by atoms with Crippen molar-refractivity contribution in [3.8, 4) is 22.8 Å². The number of aromatic amines is 2. The number of furan rings is 1. The van der Waals surface area contributed by atoms with E-state index in [9.17, 15) is 0 Å². The monoisotopic (exact) mass is 250 g/mol. The Morgan fingerprint density at radius 3 is 2.95 bits per heavy atom. The highest BCUT2D eigenvalue weighted by Gasteiger charge is 2.15. The number of H-pyrrole nitrogens is 2. The molecule has 3 heterocycles. The standard InChI is InChI=1S/C14H10N4O/c1-2-4-11-9(3-1)7-12(19-11)13-10(8-17-18-13)14-15-5-6-16-14/h1-8H,(H,15,16)(H,17,18). The molecule has 5 nitrogen and oxygen atoms in total. The van der Waals surface area contributed by atoms with Crippen molar-refractivity contribution in [2.24, 2.45) is 0 Å². The van der Waals surface area contributed by atoms with E-state index in [1.807, 2.05) is 30.3 Å². The van der Waals surface area contributed by atoms with E-state index >= 15 is 0 Å². The first-order chi connectivity index (χ1) is 9.42. The summed E-state index contributed by atoms with van der Waals surface area (Å²) in [6, 6.07) is 9.90. The zero-order valence-corrected chi connectivity index (χ0v) is 9.92. The zero-order chi connectivity index (χ0) is 12.7. The van der Waals surface area contributed by atoms with Crippen LogP contribution in [-0.2, 0) is 0 Å². The van der Waals surface area contributed by atoms with E-state index in [0.29, 0.717) is 0 Å². The largest absolute Gasteiger partial charge is 0.454 e. The summed E-state index contributed by atoms with van der Waals surface area (Å²) in [5, 5.41) is 8.11. The fourth-order valence-corrected chi connectivity index (χ4v) is 2.17. The molecule has 0 saturated carbocycles. The molecule has 92 valence electrons. The molecule has 2 N–H and O–H groups in total. The van der Waals surface area contributed by atoms with Gasteiger partial charge < -0.3 is 9.40 Å². The number of aromatic nitrogens is 4. The van der Waals surface area contributed by atoms with Crippen molar-refractivity contribution >= 4 is 11.0 Å². The molecule has 0 aliphatic heterocycles. The minimum absolute atomic E-state index is 0.755. The van der Waals surface area contributed by atoms with Crippen LogP contribution in [0.1, 0.15) is 0 Å². The van der Waals surface area contributed by atoms with Gasteiger partial charge in [-0.25, -0.2) is 4.98 Å². The molecule has 0 aliphatic rings. The lowest BCUT2D eigenvalue weighted by Crippen LogP contribution is -1.82. The maximum atomic E-state index is 5.84. The van der Waals surface area contributed by atoms with Crippen molar-refractivity contribution < 1.29 is 4.42 Å². The summed E-state index contributed by atoms with van der Waals surface area (Å²) in [4.78, 5) is 7.31. The lowest BCUT2D eigenvalue weighted by atomic mass is 10.2. The van der Waals surface area contributed by atoms with Gasteiger partial charge in [0.15, 0.2) is 5.76 Å². The van der Waals surface area contributed by atoms with Crippen LogP contribution in [0.25, 0.3) is 33.8 Å². The van der Waals surface area contributed by atoms with Crippen molar-refractivity contribution in [2.75, 3.05) is 0 Å². The number of fused-ring (bicyclic) bond motifs is 1. The van der Waals surface area contributed by atoms with Crippen LogP contribution in [0.3, 0.4) is 0 Å². The van der Waals surface area contributed by atoms with Gasteiger partial charge in [-0.05, 0) is 12.1 Å². The summed E-state index contributed by atoms with van der Waals surface area (Å²) in [6.45, 7) is 0. The van der Waals surface area contributed by atoms with Crippen LogP contribution in [0.4, 0.5) is 0 Å². The van der Waals surface area contributed by atoms with Crippen molar-refractivity contribution in [2.45, 2.75) is 0 Å². The van der Waals surface area contributed by atoms with Crippen LogP contribution in [0.15, 0.2) is 53.3 Å². The Labute approximate surface area is 108 Å². The van der Waals surface area contributed by atoms with Gasteiger partial charge in [0.05, 0.1) is 11.8 Å². The van der Waals surface area contributed by atoms with Gasteiger partial charge in [-0.3, -0.25) is 5.10 Å². The summed E-state index contributed by atoms with van der Waals surface area (Å²) in [6.07, 6.45) is 5.23. The normalized spacial score (nSPS) is 11.2. The zero-order valence-electron chi connectivity index (χ0n) is 9.92. The number of para-hydroxylation sites is 1. The predicted molar refractivity (Wildman–Crippen MR) is 71.4 cm³/mol. The van der Waals surface area contributed by atoms with Crippen molar-refractivity contribution in [3.63, 3.8) is 0 Å². The fraction of sp³-hybridized carbons (Fsp3) is 0. The molecule has 0 saturated heterocycles. The van der Waals surface area contributed by atoms with E-state index in [1.54, 1.807) is 18.6 Å². The van der Waals surface area contributed by atoms with Crippen LogP contribution >= 0.6 is 0 Å². The molecule has 1 aromatic carbocycles. The second-order valence-corrected chi connectivity index (χ2v) is 4.24. The molecule has 4 rings (SSSR count). The second kappa shape index (κ2) is 3.84. The van der Waals surface area contributed by atoms with Crippen LogP contribution in [-0.4, -0.2) is 20.2 Å². The first-order valence-corrected chi connectivity index (χ1v) is 5.94. The summed E-state index contributed by atoms with van der Waals surface area (Å²) in [5.41, 5.74) is 2.58. The highest BCUT2D eigenvalue weighted by molar-refractivity contribution is 5.85. The van der Waals surface area contributed by atoms with E-state index in [1.165, 1.54) is 0 Å². The average molecular weight is 250 g/mol. The lowest BCUT2D eigenvalue weighted by molar-refractivity contribution is 0.628. The van der Waals surface area contributed by atoms with E-state index < -0.39 is 0 Å². The van der Waals surface area contributed by atoms with Crippen molar-refractivity contribution in [1.82, 2.24) is 20.2 Å². The first kappa shape index (κ1) is 10.1. The number of hydrogen-bond donors (Lipinski definition) is 2. The van der Waals surface area contributed by atoms with E-state index in [4.69, 9.17) is 4.42 Å². The first-order valence-electron chi connectivity index (χ1n) is 5.94. The third kappa shape index (κ3) is 1.55. The number of benzene rings is 1. The van der Waals surface area contributed by atoms with Gasteiger partial charge in [0, 0.05) is 17.8 Å². The highest BCUT2D eigenvalue weighted by atomic mass is 16.3. The fourth-order valence-electron chi connectivity index (χ4n) is 2.17. The van der Waals surface area contributed by atoms with Crippen LogP contribution in [0, 0.1) is 0 Å². The molecule has 0 unspecified atom stereocenters. The molecular weight excluding hydrogens is 240 g/mol. The number of nitrogens with one attached hydrogen (secondary N) is 2. The molecule has 0 radical (unpaired) electrons. The van der Waals surface area contributed by atoms with Crippen LogP contribution in [0.2, 0.25) is 0 Å². The number of imidazole rings is 1. The average Bonchev–Trinajstić information content (AvgIpc) is 3.17. The molecule has 0 spiro atoms. The maximum absolute atomic E-state index is 5.84. The lowest BCUT2D eigenvalue weighted by Gasteiger charge is -1.95. The molecule has 5 heteroatoms. The Morgan fingerprint density at radius 1 is 1.16 bits per heavy atom.